The zero-order valence-corrected chi connectivity index (χ0v) is 15.3. The van der Waals surface area contributed by atoms with E-state index in [0.29, 0.717) is 6.61 Å². The lowest BCUT2D eigenvalue weighted by Gasteiger charge is -2.29. The number of hydrogen-bond donors (Lipinski definition) is 0. The Kier molecular flexibility index (Phi) is 12.9. The summed E-state index contributed by atoms with van der Waals surface area (Å²) < 4.78 is 11.6. The SMILES string of the molecule is CCCCCCCCCCC(OC1CCCCO1)C(CC=O)N=O. The molecule has 0 amide bonds. The number of hydrogen-bond acceptors (Lipinski definition) is 5. The molecule has 0 spiro atoms. The highest BCUT2D eigenvalue weighted by Crippen LogP contribution is 2.22. The van der Waals surface area contributed by atoms with Crippen LogP contribution in [0.15, 0.2) is 5.18 Å². The standard InChI is InChI=1S/C19H35NO4/c1-2-3-4-5-6-7-8-9-12-18(17(20-22)14-15-21)24-19-13-10-11-16-23-19/h15,17-19H,2-14,16H2,1H3. The molecule has 0 aromatic rings. The Morgan fingerprint density at radius 1 is 1.12 bits per heavy atom. The first-order valence-corrected chi connectivity index (χ1v) is 9.85. The van der Waals surface area contributed by atoms with Crippen molar-refractivity contribution in [2.75, 3.05) is 6.61 Å². The summed E-state index contributed by atoms with van der Waals surface area (Å²) in [5.41, 5.74) is 0. The third-order valence-electron chi connectivity index (χ3n) is 4.71. The lowest BCUT2D eigenvalue weighted by atomic mass is 10.0. The van der Waals surface area contributed by atoms with E-state index >= 15 is 0 Å². The summed E-state index contributed by atoms with van der Waals surface area (Å²) in [5, 5.41) is 3.13. The molecular weight excluding hydrogens is 306 g/mol. The molecule has 1 rings (SSSR count). The predicted octanol–water partition coefficient (Wildman–Crippen LogP) is 5.15. The number of nitrogens with zero attached hydrogens (tertiary/aromatic N) is 1. The van der Waals surface area contributed by atoms with Crippen LogP contribution in [0.4, 0.5) is 0 Å². The van der Waals surface area contributed by atoms with Crippen molar-refractivity contribution in [1.29, 1.82) is 0 Å². The van der Waals surface area contributed by atoms with Crippen molar-refractivity contribution in [3.05, 3.63) is 4.91 Å². The van der Waals surface area contributed by atoms with Crippen LogP contribution in [0.2, 0.25) is 0 Å². The lowest BCUT2D eigenvalue weighted by molar-refractivity contribution is -0.193. The maximum Gasteiger partial charge on any atom is 0.158 e. The highest BCUT2D eigenvalue weighted by atomic mass is 16.7. The van der Waals surface area contributed by atoms with Crippen LogP contribution in [0.1, 0.15) is 90.4 Å². The zero-order valence-electron chi connectivity index (χ0n) is 15.3. The summed E-state index contributed by atoms with van der Waals surface area (Å²) in [6, 6.07) is -0.586. The Hall–Kier alpha value is -0.810. The summed E-state index contributed by atoms with van der Waals surface area (Å²) >= 11 is 0. The molecule has 140 valence electrons. The van der Waals surface area contributed by atoms with Crippen LogP contribution in [0.25, 0.3) is 0 Å². The van der Waals surface area contributed by atoms with Crippen LogP contribution in [0.3, 0.4) is 0 Å². The molecule has 0 aromatic heterocycles. The first-order valence-electron chi connectivity index (χ1n) is 9.85. The Labute approximate surface area is 146 Å². The third kappa shape index (κ3) is 9.48. The number of carbonyl (C=O) groups excluding carboxylic acids is 1. The molecule has 3 atom stereocenters. The highest BCUT2D eigenvalue weighted by Gasteiger charge is 2.27. The molecule has 0 aliphatic carbocycles. The van der Waals surface area contributed by atoms with Gasteiger partial charge in [0.1, 0.15) is 12.3 Å². The second kappa shape index (κ2) is 14.5. The minimum absolute atomic E-state index is 0.137. The molecule has 0 N–H and O–H groups in total. The van der Waals surface area contributed by atoms with E-state index < -0.39 is 6.04 Å². The van der Waals surface area contributed by atoms with Crippen molar-refractivity contribution >= 4 is 6.29 Å². The van der Waals surface area contributed by atoms with Crippen molar-refractivity contribution in [2.24, 2.45) is 5.18 Å². The molecular formula is C19H35NO4. The summed E-state index contributed by atoms with van der Waals surface area (Å²) in [7, 11) is 0. The van der Waals surface area contributed by atoms with E-state index in [9.17, 15) is 9.70 Å². The van der Waals surface area contributed by atoms with Crippen molar-refractivity contribution in [1.82, 2.24) is 0 Å². The number of nitroso groups, excluding NO2 is 1. The van der Waals surface area contributed by atoms with Crippen LogP contribution in [-0.4, -0.2) is 31.3 Å². The van der Waals surface area contributed by atoms with Crippen molar-refractivity contribution < 1.29 is 14.3 Å². The zero-order chi connectivity index (χ0) is 17.5. The molecule has 0 bridgehead atoms. The van der Waals surface area contributed by atoms with E-state index in [1.165, 1.54) is 38.5 Å². The average Bonchev–Trinajstić information content (AvgIpc) is 2.62. The van der Waals surface area contributed by atoms with Crippen LogP contribution in [-0.2, 0) is 14.3 Å². The maximum absolute atomic E-state index is 11.1. The molecule has 3 unspecified atom stereocenters. The second-order valence-electron chi connectivity index (χ2n) is 6.81. The fourth-order valence-corrected chi connectivity index (χ4v) is 3.21. The number of rotatable bonds is 15. The lowest BCUT2D eigenvalue weighted by Crippen LogP contribution is -2.35. The molecule has 1 aliphatic rings. The Bertz CT molecular complexity index is 318. The quantitative estimate of drug-likeness (QED) is 0.235. The second-order valence-corrected chi connectivity index (χ2v) is 6.81. The smallest absolute Gasteiger partial charge is 0.158 e. The van der Waals surface area contributed by atoms with E-state index in [2.05, 4.69) is 12.1 Å². The average molecular weight is 341 g/mol. The van der Waals surface area contributed by atoms with Gasteiger partial charge >= 0.3 is 0 Å². The van der Waals surface area contributed by atoms with Crippen LogP contribution in [0.5, 0.6) is 0 Å². The van der Waals surface area contributed by atoms with Crippen LogP contribution in [0, 0.1) is 4.91 Å². The largest absolute Gasteiger partial charge is 0.353 e. The van der Waals surface area contributed by atoms with Crippen molar-refractivity contribution in [2.45, 2.75) is 109 Å². The Morgan fingerprint density at radius 2 is 1.83 bits per heavy atom. The molecule has 0 radical (unpaired) electrons. The topological polar surface area (TPSA) is 65.0 Å². The Balaban J connectivity index is 2.29. The number of aldehydes is 1. The molecule has 1 heterocycles. The van der Waals surface area contributed by atoms with Gasteiger partial charge in [0.2, 0.25) is 0 Å². The maximum atomic E-state index is 11.1. The first kappa shape index (κ1) is 21.2. The fraction of sp³-hybridized carbons (Fsp3) is 0.947. The van der Waals surface area contributed by atoms with E-state index in [1.54, 1.807) is 0 Å². The minimum Gasteiger partial charge on any atom is -0.353 e. The normalized spacial score (nSPS) is 20.5. The van der Waals surface area contributed by atoms with E-state index in [4.69, 9.17) is 9.47 Å². The summed E-state index contributed by atoms with van der Waals surface area (Å²) in [6.07, 6.45) is 14.1. The van der Waals surface area contributed by atoms with Gasteiger partial charge in [-0.25, -0.2) is 0 Å². The predicted molar refractivity (Wildman–Crippen MR) is 96.0 cm³/mol. The van der Waals surface area contributed by atoms with Gasteiger partial charge in [0.05, 0.1) is 6.10 Å². The van der Waals surface area contributed by atoms with Gasteiger partial charge in [-0.15, -0.1) is 0 Å². The van der Waals surface area contributed by atoms with Gasteiger partial charge in [0.25, 0.3) is 0 Å². The molecule has 5 heteroatoms. The van der Waals surface area contributed by atoms with E-state index in [-0.39, 0.29) is 18.8 Å². The number of unbranched alkanes of at least 4 members (excludes halogenated alkanes) is 7. The molecule has 0 saturated carbocycles. The van der Waals surface area contributed by atoms with Crippen LogP contribution < -0.4 is 0 Å². The highest BCUT2D eigenvalue weighted by molar-refractivity contribution is 5.50. The van der Waals surface area contributed by atoms with E-state index in [0.717, 1.165) is 44.8 Å². The molecule has 1 aliphatic heterocycles. The van der Waals surface area contributed by atoms with Crippen molar-refractivity contribution in [3.63, 3.8) is 0 Å². The van der Waals surface area contributed by atoms with Gasteiger partial charge in [-0.1, -0.05) is 63.5 Å². The summed E-state index contributed by atoms with van der Waals surface area (Å²) in [6.45, 7) is 2.94. The van der Waals surface area contributed by atoms with Gasteiger partial charge in [-0.3, -0.25) is 0 Å². The number of ether oxygens (including phenoxy) is 2. The van der Waals surface area contributed by atoms with Gasteiger partial charge in [-0.2, -0.15) is 4.91 Å². The minimum atomic E-state index is -0.586. The molecule has 0 aromatic carbocycles. The third-order valence-corrected chi connectivity index (χ3v) is 4.71. The number of carbonyl (C=O) groups is 1. The molecule has 5 nitrogen and oxygen atoms in total. The molecule has 24 heavy (non-hydrogen) atoms. The Morgan fingerprint density at radius 3 is 2.42 bits per heavy atom. The van der Waals surface area contributed by atoms with Gasteiger partial charge in [-0.05, 0) is 25.7 Å². The monoisotopic (exact) mass is 341 g/mol. The van der Waals surface area contributed by atoms with Gasteiger partial charge < -0.3 is 14.3 Å². The summed E-state index contributed by atoms with van der Waals surface area (Å²) in [4.78, 5) is 21.9. The van der Waals surface area contributed by atoms with Crippen molar-refractivity contribution in [3.8, 4) is 0 Å². The summed E-state index contributed by atoms with van der Waals surface area (Å²) in [5.74, 6) is 0. The van der Waals surface area contributed by atoms with E-state index in [1.807, 2.05) is 0 Å². The van der Waals surface area contributed by atoms with Gasteiger partial charge in [0.15, 0.2) is 6.29 Å². The molecule has 1 fully saturated rings. The van der Waals surface area contributed by atoms with Gasteiger partial charge in [0, 0.05) is 13.0 Å². The molecule has 1 saturated heterocycles. The first-order chi connectivity index (χ1) is 11.8. The fourth-order valence-electron chi connectivity index (χ4n) is 3.21. The van der Waals surface area contributed by atoms with Crippen LogP contribution >= 0.6 is 0 Å².